The number of aliphatic hydroxyl groups excluding tert-OH is 1. The number of aliphatic hydroxyl groups is 1. The van der Waals surface area contributed by atoms with Gasteiger partial charge in [-0.3, -0.25) is 0 Å². The van der Waals surface area contributed by atoms with E-state index in [-0.39, 0.29) is 18.6 Å². The van der Waals surface area contributed by atoms with Crippen LogP contribution in [0.3, 0.4) is 0 Å². The molecule has 2 atom stereocenters. The fraction of sp³-hybridized carbons (Fsp3) is 0.857. The van der Waals surface area contributed by atoms with Crippen LogP contribution in [0, 0.1) is 5.92 Å². The molecule has 0 amide bonds. The van der Waals surface area contributed by atoms with E-state index in [1.807, 2.05) is 19.0 Å². The second-order valence-electron chi connectivity index (χ2n) is 9.91. The lowest BCUT2D eigenvalue weighted by atomic mass is 10.0. The van der Waals surface area contributed by atoms with Crippen molar-refractivity contribution in [2.45, 2.75) is 130 Å². The minimum absolute atomic E-state index is 0.00396. The second-order valence-corrected chi connectivity index (χ2v) is 9.91. The molecular weight excluding hydrogens is 410 g/mol. The summed E-state index contributed by atoms with van der Waals surface area (Å²) in [6, 6.07) is 0. The molecule has 0 aromatic carbocycles. The van der Waals surface area contributed by atoms with E-state index < -0.39 is 0 Å². The third kappa shape index (κ3) is 13.8. The third-order valence-electron chi connectivity index (χ3n) is 6.31. The zero-order valence-corrected chi connectivity index (χ0v) is 22.4. The quantitative estimate of drug-likeness (QED) is 0.214. The molecule has 192 valence electrons. The largest absolute Gasteiger partial charge is 0.477 e. The van der Waals surface area contributed by atoms with E-state index in [2.05, 4.69) is 31.8 Å². The monoisotopic (exact) mass is 463 g/mol. The highest BCUT2D eigenvalue weighted by Crippen LogP contribution is 2.21. The molecule has 5 nitrogen and oxygen atoms in total. The van der Waals surface area contributed by atoms with E-state index in [0.717, 1.165) is 31.4 Å². The molecule has 0 saturated carbocycles. The van der Waals surface area contributed by atoms with E-state index in [1.54, 1.807) is 0 Å². The lowest BCUT2D eigenvalue weighted by Crippen LogP contribution is -2.27. The Bertz CT molecular complexity index is 584. The van der Waals surface area contributed by atoms with Crippen LogP contribution in [0.5, 0.6) is 0 Å². The van der Waals surface area contributed by atoms with Crippen molar-refractivity contribution in [1.29, 1.82) is 0 Å². The van der Waals surface area contributed by atoms with Gasteiger partial charge < -0.3 is 14.7 Å². The lowest BCUT2D eigenvalue weighted by molar-refractivity contribution is 0.172. The number of aliphatic imine (C=N–C) groups is 2. The van der Waals surface area contributed by atoms with Gasteiger partial charge in [-0.05, 0) is 32.3 Å². The number of guanidine groups is 1. The molecule has 0 aromatic heterocycles. The Morgan fingerprint density at radius 3 is 1.88 bits per heavy atom. The molecule has 1 aliphatic heterocycles. The molecule has 5 heteroatoms. The standard InChI is InChI=1S/C28H53N3O2/c1-6-8-9-10-11-12-13-14-15-16-17-18-19-21-26-22-25(23-32)27(33-24(3)20-7-2)30-28(29-26)31(4)5/h22,24-25,32H,6-21,23H2,1-5H3. The first kappa shape index (κ1) is 29.7. The molecule has 2 unspecified atom stereocenters. The first-order chi connectivity index (χ1) is 16.0. The SMILES string of the molecule is CCCCCCCCCCCCCCCC1=CC(CO)C(OC(C)CCC)=NC(N(C)C)=N1. The van der Waals surface area contributed by atoms with Crippen molar-refractivity contribution in [3.8, 4) is 0 Å². The van der Waals surface area contributed by atoms with Gasteiger partial charge in [0, 0.05) is 19.8 Å². The summed E-state index contributed by atoms with van der Waals surface area (Å²) in [5.41, 5.74) is 1.02. The molecule has 0 fully saturated rings. The van der Waals surface area contributed by atoms with Crippen LogP contribution in [-0.2, 0) is 4.74 Å². The molecule has 0 aromatic rings. The van der Waals surface area contributed by atoms with Gasteiger partial charge in [-0.25, -0.2) is 4.99 Å². The highest BCUT2D eigenvalue weighted by molar-refractivity contribution is 5.96. The van der Waals surface area contributed by atoms with Crippen molar-refractivity contribution in [2.75, 3.05) is 20.7 Å². The summed E-state index contributed by atoms with van der Waals surface area (Å²) in [6.07, 6.45) is 22.7. The Labute approximate surface area is 204 Å². The highest BCUT2D eigenvalue weighted by Gasteiger charge is 2.22. The predicted molar refractivity (Wildman–Crippen MR) is 143 cm³/mol. The second kappa shape index (κ2) is 19.0. The van der Waals surface area contributed by atoms with Crippen LogP contribution in [0.15, 0.2) is 21.8 Å². The van der Waals surface area contributed by atoms with Crippen molar-refractivity contribution >= 4 is 11.9 Å². The average Bonchev–Trinajstić information content (AvgIpc) is 2.96. The number of hydrogen-bond acceptors (Lipinski definition) is 5. The molecule has 0 aliphatic carbocycles. The summed E-state index contributed by atoms with van der Waals surface area (Å²) in [6.45, 7) is 6.49. The van der Waals surface area contributed by atoms with E-state index in [4.69, 9.17) is 9.73 Å². The minimum Gasteiger partial charge on any atom is -0.477 e. The Balaban J connectivity index is 2.36. The molecule has 0 saturated heterocycles. The molecule has 0 radical (unpaired) electrons. The van der Waals surface area contributed by atoms with E-state index in [0.29, 0.717) is 11.9 Å². The van der Waals surface area contributed by atoms with E-state index >= 15 is 0 Å². The van der Waals surface area contributed by atoms with Crippen molar-refractivity contribution in [3.63, 3.8) is 0 Å². The van der Waals surface area contributed by atoms with Crippen LogP contribution in [0.25, 0.3) is 0 Å². The van der Waals surface area contributed by atoms with Gasteiger partial charge in [0.15, 0.2) is 0 Å². The summed E-state index contributed by atoms with van der Waals surface area (Å²) >= 11 is 0. The molecule has 0 spiro atoms. The lowest BCUT2D eigenvalue weighted by Gasteiger charge is -2.20. The minimum atomic E-state index is -0.220. The first-order valence-electron chi connectivity index (χ1n) is 13.8. The van der Waals surface area contributed by atoms with Gasteiger partial charge in [-0.15, -0.1) is 0 Å². The smallest absolute Gasteiger partial charge is 0.228 e. The van der Waals surface area contributed by atoms with Gasteiger partial charge in [0.05, 0.1) is 18.6 Å². The Kier molecular flexibility index (Phi) is 17.1. The van der Waals surface area contributed by atoms with Crippen molar-refractivity contribution in [3.05, 3.63) is 11.8 Å². The van der Waals surface area contributed by atoms with Crippen LogP contribution in [0.1, 0.15) is 124 Å². The van der Waals surface area contributed by atoms with Crippen LogP contribution in [0.2, 0.25) is 0 Å². The maximum absolute atomic E-state index is 9.99. The van der Waals surface area contributed by atoms with E-state index in [9.17, 15) is 5.11 Å². The topological polar surface area (TPSA) is 57.4 Å². The zero-order valence-electron chi connectivity index (χ0n) is 22.4. The Morgan fingerprint density at radius 2 is 1.39 bits per heavy atom. The van der Waals surface area contributed by atoms with Crippen molar-refractivity contribution < 1.29 is 9.84 Å². The molecule has 1 N–H and O–H groups in total. The number of hydrogen-bond donors (Lipinski definition) is 1. The maximum Gasteiger partial charge on any atom is 0.228 e. The number of ether oxygens (including phenoxy) is 1. The number of unbranched alkanes of at least 4 members (excludes halogenated alkanes) is 12. The van der Waals surface area contributed by atoms with Crippen LogP contribution in [0.4, 0.5) is 0 Å². The summed E-state index contributed by atoms with van der Waals surface area (Å²) < 4.78 is 6.10. The zero-order chi connectivity index (χ0) is 24.3. The van der Waals surface area contributed by atoms with Crippen LogP contribution < -0.4 is 0 Å². The van der Waals surface area contributed by atoms with Gasteiger partial charge in [-0.1, -0.05) is 97.3 Å². The highest BCUT2D eigenvalue weighted by atomic mass is 16.5. The number of nitrogens with zero attached hydrogens (tertiary/aromatic N) is 3. The summed E-state index contributed by atoms with van der Waals surface area (Å²) in [7, 11) is 3.91. The van der Waals surface area contributed by atoms with Gasteiger partial charge >= 0.3 is 0 Å². The van der Waals surface area contributed by atoms with Crippen LogP contribution in [-0.4, -0.2) is 48.7 Å². The molecule has 33 heavy (non-hydrogen) atoms. The van der Waals surface area contributed by atoms with Gasteiger partial charge in [0.25, 0.3) is 0 Å². The molecular formula is C28H53N3O2. The molecule has 0 bridgehead atoms. The fourth-order valence-corrected chi connectivity index (χ4v) is 4.25. The predicted octanol–water partition coefficient (Wildman–Crippen LogP) is 7.50. The van der Waals surface area contributed by atoms with Gasteiger partial charge in [-0.2, -0.15) is 4.99 Å². The fourth-order valence-electron chi connectivity index (χ4n) is 4.25. The summed E-state index contributed by atoms with van der Waals surface area (Å²) in [5, 5.41) is 9.99. The van der Waals surface area contributed by atoms with Gasteiger partial charge in [0.2, 0.25) is 11.9 Å². The molecule has 1 aliphatic rings. The first-order valence-corrected chi connectivity index (χ1v) is 13.8. The van der Waals surface area contributed by atoms with Crippen molar-refractivity contribution in [2.24, 2.45) is 15.9 Å². The summed E-state index contributed by atoms with van der Waals surface area (Å²) in [5.74, 6) is 1.03. The van der Waals surface area contributed by atoms with E-state index in [1.165, 1.54) is 77.0 Å². The van der Waals surface area contributed by atoms with Crippen molar-refractivity contribution in [1.82, 2.24) is 4.90 Å². The van der Waals surface area contributed by atoms with Crippen LogP contribution >= 0.6 is 0 Å². The Morgan fingerprint density at radius 1 is 0.848 bits per heavy atom. The van der Waals surface area contributed by atoms with Gasteiger partial charge in [0.1, 0.15) is 0 Å². The molecule has 1 rings (SSSR count). The number of rotatable bonds is 18. The third-order valence-corrected chi connectivity index (χ3v) is 6.31. The summed E-state index contributed by atoms with van der Waals surface area (Å²) in [4.78, 5) is 11.4. The average molecular weight is 464 g/mol. The molecule has 1 heterocycles. The Hall–Kier alpha value is -1.36. The normalized spacial score (nSPS) is 17.2. The maximum atomic E-state index is 9.99. The number of allylic oxidation sites excluding steroid dienone is 1.